The Morgan fingerprint density at radius 2 is 1.95 bits per heavy atom. The minimum absolute atomic E-state index is 0.0234. The van der Waals surface area contributed by atoms with Crippen molar-refractivity contribution < 1.29 is 15.0 Å². The largest absolute Gasteiger partial charge is 0.396 e. The topological polar surface area (TPSA) is 57.5 Å². The maximum Gasteiger partial charge on any atom is 0.142 e. The quantitative estimate of drug-likeness (QED) is 0.837. The summed E-state index contributed by atoms with van der Waals surface area (Å²) >= 11 is 0. The molecule has 1 aliphatic rings. The van der Waals surface area contributed by atoms with E-state index in [1.807, 2.05) is 25.1 Å². The van der Waals surface area contributed by atoms with E-state index < -0.39 is 5.41 Å². The molecule has 3 atom stereocenters. The van der Waals surface area contributed by atoms with Gasteiger partial charge in [0, 0.05) is 24.5 Å². The van der Waals surface area contributed by atoms with Crippen LogP contribution in [-0.4, -0.2) is 29.2 Å². The van der Waals surface area contributed by atoms with Gasteiger partial charge >= 0.3 is 0 Å². The fourth-order valence-electron chi connectivity index (χ4n) is 3.43. The lowest BCUT2D eigenvalue weighted by Crippen LogP contribution is -2.33. The van der Waals surface area contributed by atoms with Crippen molar-refractivity contribution in [3.8, 4) is 0 Å². The Balaban J connectivity index is 2.08. The van der Waals surface area contributed by atoms with Gasteiger partial charge in [-0.15, -0.1) is 0 Å². The number of rotatable bonds is 6. The molecule has 2 N–H and O–H groups in total. The van der Waals surface area contributed by atoms with Crippen molar-refractivity contribution in [2.24, 2.45) is 17.3 Å². The van der Waals surface area contributed by atoms with Crippen molar-refractivity contribution in [3.05, 3.63) is 35.9 Å². The molecule has 0 bridgehead atoms. The number of Topliss-reactive ketones (excluding diaryl/α,β-unsaturated/α-hetero) is 1. The summed E-state index contributed by atoms with van der Waals surface area (Å²) in [7, 11) is 0. The predicted molar refractivity (Wildman–Crippen MR) is 78.3 cm³/mol. The van der Waals surface area contributed by atoms with E-state index in [1.54, 1.807) is 0 Å². The highest BCUT2D eigenvalue weighted by molar-refractivity contribution is 5.89. The average molecular weight is 276 g/mol. The molecule has 110 valence electrons. The van der Waals surface area contributed by atoms with Crippen LogP contribution in [0.15, 0.2) is 30.3 Å². The number of hydrogen-bond donors (Lipinski definition) is 2. The molecular weight excluding hydrogens is 252 g/mol. The van der Waals surface area contributed by atoms with Gasteiger partial charge in [0.15, 0.2) is 0 Å². The second-order valence-corrected chi connectivity index (χ2v) is 6.09. The van der Waals surface area contributed by atoms with Gasteiger partial charge in [-0.05, 0) is 37.2 Å². The second-order valence-electron chi connectivity index (χ2n) is 6.09. The standard InChI is InChI=1S/C17H24O3/c1-17(9-7-13-5-3-2-4-6-13)15(12-19)11-14(8-10-18)16(17)20/h2-6,14-15,18-19H,7-12H2,1H3/t14?,15-,17-/m1/s1. The van der Waals surface area contributed by atoms with Crippen molar-refractivity contribution in [2.45, 2.75) is 32.6 Å². The van der Waals surface area contributed by atoms with E-state index in [-0.39, 0.29) is 30.8 Å². The molecular formula is C17H24O3. The summed E-state index contributed by atoms with van der Waals surface area (Å²) in [5.41, 5.74) is 0.772. The zero-order valence-corrected chi connectivity index (χ0v) is 12.1. The summed E-state index contributed by atoms with van der Waals surface area (Å²) in [6, 6.07) is 10.1. The highest BCUT2D eigenvalue weighted by Crippen LogP contribution is 2.47. The molecule has 0 saturated heterocycles. The minimum Gasteiger partial charge on any atom is -0.396 e. The normalized spacial score (nSPS) is 29.9. The molecule has 1 aliphatic carbocycles. The van der Waals surface area contributed by atoms with E-state index in [0.29, 0.717) is 12.8 Å². The maximum atomic E-state index is 12.6. The fraction of sp³-hybridized carbons (Fsp3) is 0.588. The van der Waals surface area contributed by atoms with Crippen LogP contribution in [-0.2, 0) is 11.2 Å². The van der Waals surface area contributed by atoms with E-state index in [4.69, 9.17) is 5.11 Å². The zero-order valence-electron chi connectivity index (χ0n) is 12.1. The first-order valence-electron chi connectivity index (χ1n) is 7.41. The summed E-state index contributed by atoms with van der Waals surface area (Å²) < 4.78 is 0. The molecule has 1 saturated carbocycles. The molecule has 0 spiro atoms. The number of benzene rings is 1. The van der Waals surface area contributed by atoms with Gasteiger partial charge in [0.05, 0.1) is 0 Å². The van der Waals surface area contributed by atoms with Crippen LogP contribution < -0.4 is 0 Å². The minimum atomic E-state index is -0.454. The lowest BCUT2D eigenvalue weighted by atomic mass is 9.74. The lowest BCUT2D eigenvalue weighted by molar-refractivity contribution is -0.130. The molecule has 1 aromatic rings. The molecule has 3 heteroatoms. The summed E-state index contributed by atoms with van der Waals surface area (Å²) in [6.45, 7) is 2.08. The Morgan fingerprint density at radius 1 is 1.25 bits per heavy atom. The van der Waals surface area contributed by atoms with Crippen molar-refractivity contribution in [1.82, 2.24) is 0 Å². The molecule has 3 nitrogen and oxygen atoms in total. The first-order chi connectivity index (χ1) is 9.61. The number of ketones is 1. The highest BCUT2D eigenvalue weighted by atomic mass is 16.3. The Hall–Kier alpha value is -1.19. The van der Waals surface area contributed by atoms with Gasteiger partial charge in [0.1, 0.15) is 5.78 Å². The van der Waals surface area contributed by atoms with Crippen LogP contribution in [0.3, 0.4) is 0 Å². The van der Waals surface area contributed by atoms with Gasteiger partial charge in [-0.2, -0.15) is 0 Å². The third-order valence-electron chi connectivity index (χ3n) is 4.88. The molecule has 2 rings (SSSR count). The van der Waals surface area contributed by atoms with Gasteiger partial charge in [-0.25, -0.2) is 0 Å². The molecule has 1 unspecified atom stereocenters. The van der Waals surface area contributed by atoms with Crippen molar-refractivity contribution >= 4 is 5.78 Å². The maximum absolute atomic E-state index is 12.6. The Bertz CT molecular complexity index is 443. The predicted octanol–water partition coefficient (Wildman–Crippen LogP) is 2.21. The molecule has 20 heavy (non-hydrogen) atoms. The monoisotopic (exact) mass is 276 g/mol. The van der Waals surface area contributed by atoms with E-state index >= 15 is 0 Å². The van der Waals surface area contributed by atoms with Crippen LogP contribution in [0.4, 0.5) is 0 Å². The van der Waals surface area contributed by atoms with Gasteiger partial charge in [-0.1, -0.05) is 37.3 Å². The van der Waals surface area contributed by atoms with Crippen LogP contribution in [0, 0.1) is 17.3 Å². The number of carbonyl (C=O) groups is 1. The Morgan fingerprint density at radius 3 is 2.55 bits per heavy atom. The molecule has 1 aromatic carbocycles. The fourth-order valence-corrected chi connectivity index (χ4v) is 3.43. The third-order valence-corrected chi connectivity index (χ3v) is 4.88. The smallest absolute Gasteiger partial charge is 0.142 e. The van der Waals surface area contributed by atoms with Crippen molar-refractivity contribution in [2.75, 3.05) is 13.2 Å². The molecule has 0 radical (unpaired) electrons. The second kappa shape index (κ2) is 6.51. The molecule has 0 aromatic heterocycles. The average Bonchev–Trinajstić information content (AvgIpc) is 2.72. The molecule has 0 aliphatic heterocycles. The summed E-state index contributed by atoms with van der Waals surface area (Å²) in [5.74, 6) is 0.162. The van der Waals surface area contributed by atoms with Crippen LogP contribution >= 0.6 is 0 Å². The van der Waals surface area contributed by atoms with Gasteiger partial charge in [-0.3, -0.25) is 4.79 Å². The van der Waals surface area contributed by atoms with Gasteiger partial charge < -0.3 is 10.2 Å². The van der Waals surface area contributed by atoms with Gasteiger partial charge in [0.25, 0.3) is 0 Å². The SMILES string of the molecule is C[C@]1(CCc2ccccc2)C(=O)C(CCO)C[C@@H]1CO. The van der Waals surface area contributed by atoms with Crippen molar-refractivity contribution in [3.63, 3.8) is 0 Å². The lowest BCUT2D eigenvalue weighted by Gasteiger charge is -2.29. The number of aliphatic hydroxyl groups is 2. The van der Waals surface area contributed by atoms with Crippen LogP contribution in [0.1, 0.15) is 31.7 Å². The summed E-state index contributed by atoms with van der Waals surface area (Å²) in [5, 5.41) is 18.7. The van der Waals surface area contributed by atoms with Crippen LogP contribution in [0.5, 0.6) is 0 Å². The molecule has 0 amide bonds. The zero-order chi connectivity index (χ0) is 14.6. The Labute approximate surface area is 120 Å². The molecule has 0 heterocycles. The van der Waals surface area contributed by atoms with Gasteiger partial charge in [0.2, 0.25) is 0 Å². The number of aryl methyl sites for hydroxylation is 1. The number of carbonyl (C=O) groups excluding carboxylic acids is 1. The molecule has 1 fully saturated rings. The van der Waals surface area contributed by atoms with E-state index in [0.717, 1.165) is 12.8 Å². The van der Waals surface area contributed by atoms with E-state index in [1.165, 1.54) is 5.56 Å². The summed E-state index contributed by atoms with van der Waals surface area (Å²) in [4.78, 5) is 12.6. The van der Waals surface area contributed by atoms with Crippen LogP contribution in [0.2, 0.25) is 0 Å². The Kier molecular flexibility index (Phi) is 4.95. The first kappa shape index (κ1) is 15.2. The van der Waals surface area contributed by atoms with E-state index in [2.05, 4.69) is 12.1 Å². The number of hydrogen-bond acceptors (Lipinski definition) is 3. The third kappa shape index (κ3) is 2.94. The number of aliphatic hydroxyl groups excluding tert-OH is 2. The van der Waals surface area contributed by atoms with Crippen LogP contribution in [0.25, 0.3) is 0 Å². The van der Waals surface area contributed by atoms with E-state index in [9.17, 15) is 9.90 Å². The highest BCUT2D eigenvalue weighted by Gasteiger charge is 2.50. The van der Waals surface area contributed by atoms with Crippen molar-refractivity contribution in [1.29, 1.82) is 0 Å². The summed E-state index contributed by atoms with van der Waals surface area (Å²) in [6.07, 6.45) is 2.85. The first-order valence-corrected chi connectivity index (χ1v) is 7.41.